The summed E-state index contributed by atoms with van der Waals surface area (Å²) in [6.45, 7) is 4.06. The third-order valence-electron chi connectivity index (χ3n) is 6.24. The Morgan fingerprint density at radius 1 is 1.27 bits per heavy atom. The van der Waals surface area contributed by atoms with E-state index in [2.05, 4.69) is 25.6 Å². The number of hydrogen-bond donors (Lipinski definition) is 2. The summed E-state index contributed by atoms with van der Waals surface area (Å²) in [5.74, 6) is 1.68. The highest BCUT2D eigenvalue weighted by Crippen LogP contribution is 2.33. The number of carbonyl (C=O) groups is 1. The van der Waals surface area contributed by atoms with Gasteiger partial charge in [-0.1, -0.05) is 6.42 Å². The number of rotatable bonds is 5. The molecule has 2 aliphatic rings. The van der Waals surface area contributed by atoms with Gasteiger partial charge in [-0.2, -0.15) is 18.2 Å². The Balaban J connectivity index is 1.37. The van der Waals surface area contributed by atoms with Crippen LogP contribution < -0.4 is 20.3 Å². The van der Waals surface area contributed by atoms with Crippen LogP contribution in [0.15, 0.2) is 18.3 Å². The number of likely N-dealkylation sites (N-methyl/N-ethyl adjacent to an activating group) is 1. The van der Waals surface area contributed by atoms with Crippen molar-refractivity contribution in [3.8, 4) is 5.75 Å². The second-order valence-electron chi connectivity index (χ2n) is 8.67. The lowest BCUT2D eigenvalue weighted by Gasteiger charge is -2.33. The summed E-state index contributed by atoms with van der Waals surface area (Å²) >= 11 is 0. The van der Waals surface area contributed by atoms with Gasteiger partial charge in [0.05, 0.1) is 18.5 Å². The molecule has 0 spiro atoms. The van der Waals surface area contributed by atoms with Crippen molar-refractivity contribution in [2.45, 2.75) is 57.8 Å². The number of nitrogens with zero attached hydrogens (tertiary/aromatic N) is 4. The number of aromatic nitrogens is 3. The number of alkyl halides is 3. The minimum Gasteiger partial charge on any atom is -0.492 e. The lowest BCUT2D eigenvalue weighted by molar-refractivity contribution is -0.141. The predicted octanol–water partition coefficient (Wildman–Crippen LogP) is 4.03. The molecule has 3 heterocycles. The van der Waals surface area contributed by atoms with Crippen molar-refractivity contribution in [2.24, 2.45) is 5.92 Å². The highest BCUT2D eigenvalue weighted by Gasteiger charge is 2.33. The fourth-order valence-electron chi connectivity index (χ4n) is 4.21. The fraction of sp³-hybridized carbons (Fsp3) is 0.545. The lowest BCUT2D eigenvalue weighted by Crippen LogP contribution is -2.45. The third-order valence-corrected chi connectivity index (χ3v) is 6.24. The zero-order valence-electron chi connectivity index (χ0n) is 18.7. The molecular formula is C22H27F3N6O2. The average Bonchev–Trinajstić information content (AvgIpc) is 2.77. The van der Waals surface area contributed by atoms with Gasteiger partial charge >= 0.3 is 6.18 Å². The Morgan fingerprint density at radius 3 is 2.76 bits per heavy atom. The smallest absolute Gasteiger partial charge is 0.433 e. The summed E-state index contributed by atoms with van der Waals surface area (Å²) in [6.07, 6.45) is 0.408. The van der Waals surface area contributed by atoms with Gasteiger partial charge in [0.25, 0.3) is 0 Å². The summed E-state index contributed by atoms with van der Waals surface area (Å²) in [7, 11) is 1.84. The average molecular weight is 464 g/mol. The molecule has 1 amide bonds. The monoisotopic (exact) mass is 464 g/mol. The molecule has 0 bridgehead atoms. The minimum atomic E-state index is -4.46. The van der Waals surface area contributed by atoms with E-state index in [9.17, 15) is 18.0 Å². The molecule has 4 rings (SSSR count). The standard InChI is InChI=1S/C22H27F3N6O2/c1-12-18-19(31(3)13(2)20(32)29-18)30-21(27-12)28-15-6-4-5-14(9-15)11-33-16-7-8-17(26-10-16)22(23,24)25/h7-8,10,13-15H,4-6,9,11H2,1-3H3,(H,29,32)(H,27,28,30)/t13-,14+,15+/m0/s1. The Hall–Kier alpha value is -3.11. The number of aryl methyl sites for hydroxylation is 1. The molecule has 0 unspecified atom stereocenters. The van der Waals surface area contributed by atoms with Crippen molar-refractivity contribution >= 4 is 23.4 Å². The van der Waals surface area contributed by atoms with E-state index in [1.807, 2.05) is 25.8 Å². The molecule has 0 radical (unpaired) electrons. The summed E-state index contributed by atoms with van der Waals surface area (Å²) in [5.41, 5.74) is 0.392. The molecule has 33 heavy (non-hydrogen) atoms. The minimum absolute atomic E-state index is 0.0872. The van der Waals surface area contributed by atoms with Crippen molar-refractivity contribution < 1.29 is 22.7 Å². The zero-order chi connectivity index (χ0) is 23.8. The first kappa shape index (κ1) is 23.1. The number of halogens is 3. The highest BCUT2D eigenvalue weighted by atomic mass is 19.4. The van der Waals surface area contributed by atoms with Gasteiger partial charge in [0.2, 0.25) is 11.9 Å². The van der Waals surface area contributed by atoms with Gasteiger partial charge in [0.1, 0.15) is 23.2 Å². The first-order valence-electron chi connectivity index (χ1n) is 11.0. The molecule has 1 aliphatic carbocycles. The second kappa shape index (κ2) is 9.03. The molecule has 0 aromatic carbocycles. The number of fused-ring (bicyclic) bond motifs is 1. The summed E-state index contributed by atoms with van der Waals surface area (Å²) in [6, 6.07) is 2.05. The SMILES string of the molecule is Cc1nc(N[C@@H]2CCC[C@@H](COc3ccc(C(F)(F)F)nc3)C2)nc2c1NC(=O)[C@H](C)N2C. The summed E-state index contributed by atoms with van der Waals surface area (Å²) in [4.78, 5) is 26.5. The van der Waals surface area contributed by atoms with Crippen molar-refractivity contribution in [1.82, 2.24) is 15.0 Å². The van der Waals surface area contributed by atoms with E-state index in [0.717, 1.165) is 37.9 Å². The van der Waals surface area contributed by atoms with Gasteiger partial charge in [-0.15, -0.1) is 0 Å². The number of carbonyl (C=O) groups excluding carboxylic acids is 1. The normalized spacial score (nSPS) is 23.0. The number of amides is 1. The Bertz CT molecular complexity index is 1010. The van der Waals surface area contributed by atoms with Gasteiger partial charge in [0, 0.05) is 13.1 Å². The maximum atomic E-state index is 12.7. The number of ether oxygens (including phenoxy) is 1. The molecule has 11 heteroatoms. The molecule has 3 atom stereocenters. The van der Waals surface area contributed by atoms with Gasteiger partial charge in [-0.25, -0.2) is 9.97 Å². The van der Waals surface area contributed by atoms with Crippen LogP contribution >= 0.6 is 0 Å². The maximum Gasteiger partial charge on any atom is 0.433 e. The topological polar surface area (TPSA) is 92.3 Å². The largest absolute Gasteiger partial charge is 0.492 e. The molecule has 1 fully saturated rings. The predicted molar refractivity (Wildman–Crippen MR) is 117 cm³/mol. The van der Waals surface area contributed by atoms with E-state index in [1.54, 1.807) is 0 Å². The van der Waals surface area contributed by atoms with Gasteiger partial charge < -0.3 is 20.3 Å². The van der Waals surface area contributed by atoms with Crippen LogP contribution in [-0.4, -0.2) is 46.6 Å². The van der Waals surface area contributed by atoms with Crippen LogP contribution in [-0.2, 0) is 11.0 Å². The molecule has 0 saturated heterocycles. The number of anilines is 3. The number of nitrogens with one attached hydrogen (secondary N) is 2. The van der Waals surface area contributed by atoms with Crippen LogP contribution in [0.4, 0.5) is 30.6 Å². The molecule has 8 nitrogen and oxygen atoms in total. The zero-order valence-corrected chi connectivity index (χ0v) is 18.7. The quantitative estimate of drug-likeness (QED) is 0.690. The first-order chi connectivity index (χ1) is 15.6. The fourth-order valence-corrected chi connectivity index (χ4v) is 4.21. The molecule has 178 valence electrons. The van der Waals surface area contributed by atoms with E-state index in [-0.39, 0.29) is 23.9 Å². The van der Waals surface area contributed by atoms with Crippen LogP contribution in [0.25, 0.3) is 0 Å². The lowest BCUT2D eigenvalue weighted by atomic mass is 9.86. The Morgan fingerprint density at radius 2 is 2.06 bits per heavy atom. The summed E-state index contributed by atoms with van der Waals surface area (Å²) < 4.78 is 43.7. The molecular weight excluding hydrogens is 437 g/mol. The van der Waals surface area contributed by atoms with Gasteiger partial charge in [-0.05, 0) is 51.2 Å². The number of pyridine rings is 1. The molecule has 1 saturated carbocycles. The van der Waals surface area contributed by atoms with E-state index in [4.69, 9.17) is 4.74 Å². The van der Waals surface area contributed by atoms with Crippen molar-refractivity contribution in [1.29, 1.82) is 0 Å². The third kappa shape index (κ3) is 5.12. The van der Waals surface area contributed by atoms with E-state index >= 15 is 0 Å². The van der Waals surface area contributed by atoms with Crippen LogP contribution in [0.2, 0.25) is 0 Å². The molecule has 1 aliphatic heterocycles. The highest BCUT2D eigenvalue weighted by molar-refractivity contribution is 6.03. The van der Waals surface area contributed by atoms with Gasteiger partial charge in [-0.3, -0.25) is 4.79 Å². The van der Waals surface area contributed by atoms with E-state index < -0.39 is 11.9 Å². The van der Waals surface area contributed by atoms with Crippen LogP contribution in [0.3, 0.4) is 0 Å². The molecule has 2 N–H and O–H groups in total. The summed E-state index contributed by atoms with van der Waals surface area (Å²) in [5, 5.41) is 6.29. The Labute approximate surface area is 190 Å². The van der Waals surface area contributed by atoms with Crippen LogP contribution in [0.1, 0.15) is 44.0 Å². The van der Waals surface area contributed by atoms with Crippen LogP contribution in [0, 0.1) is 12.8 Å². The molecule has 2 aromatic rings. The van der Waals surface area contributed by atoms with Crippen molar-refractivity contribution in [3.63, 3.8) is 0 Å². The van der Waals surface area contributed by atoms with Crippen molar-refractivity contribution in [3.05, 3.63) is 29.7 Å². The number of hydrogen-bond acceptors (Lipinski definition) is 7. The van der Waals surface area contributed by atoms with E-state index in [1.165, 1.54) is 6.07 Å². The van der Waals surface area contributed by atoms with Crippen LogP contribution in [0.5, 0.6) is 5.75 Å². The van der Waals surface area contributed by atoms with E-state index in [0.29, 0.717) is 35.5 Å². The van der Waals surface area contributed by atoms with Crippen molar-refractivity contribution in [2.75, 3.05) is 29.2 Å². The maximum absolute atomic E-state index is 12.7. The second-order valence-corrected chi connectivity index (χ2v) is 8.67. The van der Waals surface area contributed by atoms with Gasteiger partial charge in [0.15, 0.2) is 5.82 Å². The molecule has 2 aromatic heterocycles. The Kier molecular flexibility index (Phi) is 6.31. The first-order valence-corrected chi connectivity index (χ1v) is 11.0.